The number of aliphatic imine (C=N–C) groups is 1. The molecule has 0 spiro atoms. The van der Waals surface area contributed by atoms with Crippen molar-refractivity contribution in [1.82, 2.24) is 20.9 Å². The van der Waals surface area contributed by atoms with Crippen LogP contribution in [0.5, 0.6) is 0 Å². The molecule has 2 bridgehead atoms. The van der Waals surface area contributed by atoms with E-state index in [1.807, 2.05) is 30.3 Å². The monoisotopic (exact) mass is 423 g/mol. The third-order valence-corrected chi connectivity index (χ3v) is 6.41. The average Bonchev–Trinajstić information content (AvgIpc) is 3.46. The molecule has 1 aromatic carbocycles. The lowest BCUT2D eigenvalue weighted by molar-refractivity contribution is -0.140. The molecule has 3 aliphatic rings. The van der Waals surface area contributed by atoms with Crippen LogP contribution in [0.2, 0.25) is 0 Å². The molecule has 3 amide bonds. The van der Waals surface area contributed by atoms with Crippen molar-refractivity contribution in [3.8, 4) is 0 Å². The SMILES string of the molecule is CN=C(NCCN1C(=O)C2C3C=CC(C3)C2C1=O)NCC(=O)NCCc1ccccc1. The van der Waals surface area contributed by atoms with Gasteiger partial charge in [0.05, 0.1) is 18.4 Å². The minimum atomic E-state index is -0.167. The van der Waals surface area contributed by atoms with Crippen molar-refractivity contribution in [2.24, 2.45) is 28.7 Å². The molecule has 1 aromatic rings. The second-order valence-electron chi connectivity index (χ2n) is 8.27. The Labute approximate surface area is 182 Å². The molecule has 1 saturated heterocycles. The highest BCUT2D eigenvalue weighted by molar-refractivity contribution is 6.06. The molecule has 4 unspecified atom stereocenters. The molecule has 2 fully saturated rings. The minimum Gasteiger partial charge on any atom is -0.355 e. The number of allylic oxidation sites excluding steroid dienone is 2. The molecule has 4 atom stereocenters. The third kappa shape index (κ3) is 4.47. The van der Waals surface area contributed by atoms with E-state index in [1.165, 1.54) is 10.5 Å². The van der Waals surface area contributed by atoms with E-state index in [9.17, 15) is 14.4 Å². The van der Waals surface area contributed by atoms with Gasteiger partial charge in [0.2, 0.25) is 17.7 Å². The van der Waals surface area contributed by atoms with Crippen molar-refractivity contribution in [3.63, 3.8) is 0 Å². The van der Waals surface area contributed by atoms with Gasteiger partial charge in [-0.05, 0) is 30.2 Å². The van der Waals surface area contributed by atoms with Crippen molar-refractivity contribution in [2.75, 3.05) is 33.2 Å². The Bertz CT molecular complexity index is 868. The van der Waals surface area contributed by atoms with Crippen LogP contribution >= 0.6 is 0 Å². The van der Waals surface area contributed by atoms with Gasteiger partial charge >= 0.3 is 0 Å². The second-order valence-corrected chi connectivity index (χ2v) is 8.27. The van der Waals surface area contributed by atoms with Gasteiger partial charge < -0.3 is 16.0 Å². The lowest BCUT2D eigenvalue weighted by Crippen LogP contribution is -2.46. The molecule has 0 radical (unpaired) electrons. The Kier molecular flexibility index (Phi) is 6.34. The summed E-state index contributed by atoms with van der Waals surface area (Å²) in [5.41, 5.74) is 1.17. The van der Waals surface area contributed by atoms with Gasteiger partial charge in [-0.3, -0.25) is 24.3 Å². The van der Waals surface area contributed by atoms with Crippen LogP contribution < -0.4 is 16.0 Å². The van der Waals surface area contributed by atoms with E-state index >= 15 is 0 Å². The predicted molar refractivity (Wildman–Crippen MR) is 117 cm³/mol. The van der Waals surface area contributed by atoms with Crippen molar-refractivity contribution < 1.29 is 14.4 Å². The van der Waals surface area contributed by atoms with Crippen LogP contribution in [0.3, 0.4) is 0 Å². The molecular weight excluding hydrogens is 394 g/mol. The zero-order valence-corrected chi connectivity index (χ0v) is 17.7. The lowest BCUT2D eigenvalue weighted by Gasteiger charge is -2.18. The first-order valence-corrected chi connectivity index (χ1v) is 10.9. The summed E-state index contributed by atoms with van der Waals surface area (Å²) in [4.78, 5) is 42.9. The molecule has 8 heteroatoms. The van der Waals surface area contributed by atoms with Crippen LogP contribution in [0.25, 0.3) is 0 Å². The number of rotatable bonds is 8. The van der Waals surface area contributed by atoms with Crippen LogP contribution in [0, 0.1) is 23.7 Å². The third-order valence-electron chi connectivity index (χ3n) is 6.41. The summed E-state index contributed by atoms with van der Waals surface area (Å²) >= 11 is 0. The van der Waals surface area contributed by atoms with Crippen LogP contribution in [-0.2, 0) is 20.8 Å². The number of hydrogen-bond donors (Lipinski definition) is 3. The number of amides is 3. The number of imide groups is 1. The van der Waals surface area contributed by atoms with E-state index in [1.54, 1.807) is 7.05 Å². The van der Waals surface area contributed by atoms with Gasteiger partial charge in [-0.15, -0.1) is 0 Å². The molecule has 1 heterocycles. The first-order valence-electron chi connectivity index (χ1n) is 10.9. The maximum atomic E-state index is 12.7. The lowest BCUT2D eigenvalue weighted by atomic mass is 9.85. The van der Waals surface area contributed by atoms with E-state index in [4.69, 9.17) is 0 Å². The Hall–Kier alpha value is -3.16. The summed E-state index contributed by atoms with van der Waals surface area (Å²) < 4.78 is 0. The van der Waals surface area contributed by atoms with Crippen molar-refractivity contribution >= 4 is 23.7 Å². The number of carbonyl (C=O) groups is 3. The smallest absolute Gasteiger partial charge is 0.239 e. The van der Waals surface area contributed by atoms with Crippen molar-refractivity contribution in [2.45, 2.75) is 12.8 Å². The largest absolute Gasteiger partial charge is 0.355 e. The van der Waals surface area contributed by atoms with E-state index in [-0.39, 0.29) is 47.9 Å². The number of benzene rings is 1. The quantitative estimate of drug-likeness (QED) is 0.242. The fourth-order valence-electron chi connectivity index (χ4n) is 4.91. The second kappa shape index (κ2) is 9.32. The number of carbonyl (C=O) groups excluding carboxylic acids is 3. The normalized spacial score (nSPS) is 26.4. The molecule has 1 aliphatic heterocycles. The fraction of sp³-hybridized carbons (Fsp3) is 0.478. The highest BCUT2D eigenvalue weighted by atomic mass is 16.2. The molecule has 8 nitrogen and oxygen atoms in total. The molecule has 0 aromatic heterocycles. The number of nitrogens with zero attached hydrogens (tertiary/aromatic N) is 2. The Morgan fingerprint density at radius 3 is 2.32 bits per heavy atom. The summed E-state index contributed by atoms with van der Waals surface area (Å²) in [6.07, 6.45) is 5.89. The van der Waals surface area contributed by atoms with E-state index in [2.05, 4.69) is 33.1 Å². The zero-order chi connectivity index (χ0) is 21.8. The standard InChI is InChI=1S/C23H29N5O3/c1-24-23(27-14-18(29)25-10-9-15-5-3-2-4-6-15)26-11-12-28-21(30)19-16-7-8-17(13-16)20(19)22(28)31/h2-8,16-17,19-20H,9-14H2,1H3,(H,25,29)(H2,24,26,27). The fourth-order valence-corrected chi connectivity index (χ4v) is 4.91. The number of fused-ring (bicyclic) bond motifs is 5. The summed E-state index contributed by atoms with van der Waals surface area (Å²) in [6.45, 7) is 1.34. The molecule has 164 valence electrons. The first kappa shape index (κ1) is 21.1. The molecule has 2 aliphatic carbocycles. The summed E-state index contributed by atoms with van der Waals surface area (Å²) in [6, 6.07) is 9.98. The van der Waals surface area contributed by atoms with Crippen LogP contribution in [0.4, 0.5) is 0 Å². The highest BCUT2D eigenvalue weighted by Crippen LogP contribution is 2.52. The van der Waals surface area contributed by atoms with Gasteiger partial charge in [0.15, 0.2) is 5.96 Å². The van der Waals surface area contributed by atoms with Crippen molar-refractivity contribution in [3.05, 3.63) is 48.0 Å². The summed E-state index contributed by atoms with van der Waals surface area (Å²) in [7, 11) is 1.61. The van der Waals surface area contributed by atoms with Crippen LogP contribution in [-0.4, -0.2) is 61.8 Å². The topological polar surface area (TPSA) is 103 Å². The van der Waals surface area contributed by atoms with Crippen LogP contribution in [0.15, 0.2) is 47.5 Å². The van der Waals surface area contributed by atoms with Crippen molar-refractivity contribution in [1.29, 1.82) is 0 Å². The maximum absolute atomic E-state index is 12.7. The Balaban J connectivity index is 1.15. The molecule has 31 heavy (non-hydrogen) atoms. The van der Waals surface area contributed by atoms with E-state index in [0.29, 0.717) is 25.6 Å². The molecule has 3 N–H and O–H groups in total. The Morgan fingerprint density at radius 1 is 1.00 bits per heavy atom. The summed E-state index contributed by atoms with van der Waals surface area (Å²) in [5, 5.41) is 8.91. The van der Waals surface area contributed by atoms with E-state index in [0.717, 1.165) is 12.8 Å². The molecule has 1 saturated carbocycles. The summed E-state index contributed by atoms with van der Waals surface area (Å²) in [5.74, 6) is 0.347. The van der Waals surface area contributed by atoms with Gasteiger partial charge in [0.1, 0.15) is 0 Å². The number of nitrogens with one attached hydrogen (secondary N) is 3. The average molecular weight is 424 g/mol. The van der Waals surface area contributed by atoms with Gasteiger partial charge in [-0.1, -0.05) is 42.5 Å². The van der Waals surface area contributed by atoms with Gasteiger partial charge in [0.25, 0.3) is 0 Å². The molecule has 4 rings (SSSR count). The van der Waals surface area contributed by atoms with Gasteiger partial charge in [-0.25, -0.2) is 0 Å². The zero-order valence-electron chi connectivity index (χ0n) is 17.7. The number of likely N-dealkylation sites (tertiary alicyclic amines) is 1. The number of guanidine groups is 1. The first-order chi connectivity index (χ1) is 15.1. The Morgan fingerprint density at radius 2 is 1.68 bits per heavy atom. The van der Waals surface area contributed by atoms with Gasteiger partial charge in [0, 0.05) is 26.7 Å². The van der Waals surface area contributed by atoms with Gasteiger partial charge in [-0.2, -0.15) is 0 Å². The van der Waals surface area contributed by atoms with E-state index < -0.39 is 0 Å². The highest BCUT2D eigenvalue weighted by Gasteiger charge is 2.58. The van der Waals surface area contributed by atoms with Crippen LogP contribution in [0.1, 0.15) is 12.0 Å². The molecular formula is C23H29N5O3. The minimum absolute atomic E-state index is 0.0469. The predicted octanol–water partition coefficient (Wildman–Crippen LogP) is 0.317. The number of hydrogen-bond acceptors (Lipinski definition) is 4. The maximum Gasteiger partial charge on any atom is 0.239 e.